The Labute approximate surface area is 445 Å². The van der Waals surface area contributed by atoms with Crippen molar-refractivity contribution in [3.05, 3.63) is 97.2 Å². The SMILES string of the molecule is CCCCC/C=C\C/C=C\C/C=C\C/C=C\CCCCCC(=O)OC[C@@H](COC(=O)CCCCCCCCCCCCCCCCCC)OC(=O)CCCCC/C=C\C/C=C\C/C=C\C/C=C\CCCCC. The lowest BCUT2D eigenvalue weighted by Gasteiger charge is -2.18. The second-order valence-corrected chi connectivity index (χ2v) is 19.9. The van der Waals surface area contributed by atoms with E-state index in [0.717, 1.165) is 109 Å². The van der Waals surface area contributed by atoms with Gasteiger partial charge in [0.2, 0.25) is 0 Å². The van der Waals surface area contributed by atoms with Gasteiger partial charge in [0.05, 0.1) is 0 Å². The van der Waals surface area contributed by atoms with E-state index in [1.807, 2.05) is 0 Å². The lowest BCUT2D eigenvalue weighted by Crippen LogP contribution is -2.30. The zero-order valence-electron chi connectivity index (χ0n) is 47.2. The zero-order chi connectivity index (χ0) is 52.2. The van der Waals surface area contributed by atoms with Gasteiger partial charge in [-0.3, -0.25) is 14.4 Å². The van der Waals surface area contributed by atoms with Gasteiger partial charge < -0.3 is 14.2 Å². The molecule has 0 spiro atoms. The predicted octanol–water partition coefficient (Wildman–Crippen LogP) is 20.5. The van der Waals surface area contributed by atoms with E-state index in [-0.39, 0.29) is 37.5 Å². The van der Waals surface area contributed by atoms with Gasteiger partial charge in [-0.25, -0.2) is 0 Å². The first-order valence-electron chi connectivity index (χ1n) is 30.2. The van der Waals surface area contributed by atoms with Crippen LogP contribution in [-0.2, 0) is 28.6 Å². The van der Waals surface area contributed by atoms with Gasteiger partial charge in [0, 0.05) is 19.3 Å². The zero-order valence-corrected chi connectivity index (χ0v) is 47.2. The maximum atomic E-state index is 12.9. The highest BCUT2D eigenvalue weighted by molar-refractivity contribution is 5.71. The Bertz CT molecular complexity index is 1430. The summed E-state index contributed by atoms with van der Waals surface area (Å²) in [4.78, 5) is 38.2. The van der Waals surface area contributed by atoms with Crippen molar-refractivity contribution in [2.75, 3.05) is 13.2 Å². The lowest BCUT2D eigenvalue weighted by molar-refractivity contribution is -0.167. The van der Waals surface area contributed by atoms with E-state index in [0.29, 0.717) is 12.8 Å². The minimum Gasteiger partial charge on any atom is -0.462 e. The number of hydrogen-bond acceptors (Lipinski definition) is 6. The highest BCUT2D eigenvalue weighted by atomic mass is 16.6. The van der Waals surface area contributed by atoms with E-state index in [1.54, 1.807) is 0 Å². The van der Waals surface area contributed by atoms with Crippen molar-refractivity contribution in [3.63, 3.8) is 0 Å². The first-order valence-corrected chi connectivity index (χ1v) is 30.2. The van der Waals surface area contributed by atoms with Gasteiger partial charge in [0.15, 0.2) is 6.10 Å². The van der Waals surface area contributed by atoms with Crippen LogP contribution in [0.1, 0.15) is 284 Å². The third-order valence-electron chi connectivity index (χ3n) is 12.8. The van der Waals surface area contributed by atoms with Crippen molar-refractivity contribution >= 4 is 17.9 Å². The summed E-state index contributed by atoms with van der Waals surface area (Å²) in [5.41, 5.74) is 0. The first kappa shape index (κ1) is 68.3. The van der Waals surface area contributed by atoms with Crippen LogP contribution in [0.2, 0.25) is 0 Å². The van der Waals surface area contributed by atoms with Gasteiger partial charge in [0.1, 0.15) is 13.2 Å². The van der Waals surface area contributed by atoms with Gasteiger partial charge in [-0.05, 0) is 109 Å². The summed E-state index contributed by atoms with van der Waals surface area (Å²) in [5, 5.41) is 0. The Balaban J connectivity index is 4.50. The highest BCUT2D eigenvalue weighted by Crippen LogP contribution is 2.15. The van der Waals surface area contributed by atoms with Crippen LogP contribution in [0.3, 0.4) is 0 Å². The molecule has 0 aliphatic carbocycles. The summed E-state index contributed by atoms with van der Waals surface area (Å²) < 4.78 is 16.9. The molecule has 6 nitrogen and oxygen atoms in total. The number of hydrogen-bond donors (Lipinski definition) is 0. The molecule has 0 amide bonds. The molecule has 72 heavy (non-hydrogen) atoms. The number of unbranched alkanes of at least 4 members (excludes halogenated alkanes) is 27. The molecule has 0 aliphatic heterocycles. The van der Waals surface area contributed by atoms with Crippen molar-refractivity contribution in [2.24, 2.45) is 0 Å². The summed E-state index contributed by atoms with van der Waals surface area (Å²) in [6.07, 6.45) is 79.7. The molecule has 0 radical (unpaired) electrons. The molecule has 0 bridgehead atoms. The second kappa shape index (κ2) is 59.9. The molecule has 0 aromatic heterocycles. The van der Waals surface area contributed by atoms with Gasteiger partial charge in [-0.15, -0.1) is 0 Å². The van der Waals surface area contributed by atoms with E-state index in [1.165, 1.54) is 135 Å². The molecular formula is C66H112O6. The maximum absolute atomic E-state index is 12.9. The number of allylic oxidation sites excluding steroid dienone is 16. The molecule has 0 aromatic carbocycles. The van der Waals surface area contributed by atoms with E-state index in [9.17, 15) is 14.4 Å². The molecule has 0 N–H and O–H groups in total. The number of ether oxygens (including phenoxy) is 3. The van der Waals surface area contributed by atoms with Crippen LogP contribution in [0.5, 0.6) is 0 Å². The molecule has 0 saturated heterocycles. The Hall–Kier alpha value is -3.67. The van der Waals surface area contributed by atoms with E-state index in [2.05, 4.69) is 118 Å². The van der Waals surface area contributed by atoms with Crippen molar-refractivity contribution in [1.82, 2.24) is 0 Å². The number of carbonyl (C=O) groups excluding carboxylic acids is 3. The highest BCUT2D eigenvalue weighted by Gasteiger charge is 2.19. The fourth-order valence-corrected chi connectivity index (χ4v) is 8.23. The quantitative estimate of drug-likeness (QED) is 0.0261. The molecule has 0 rings (SSSR count). The van der Waals surface area contributed by atoms with E-state index in [4.69, 9.17) is 14.2 Å². The molecule has 6 heteroatoms. The molecular weight excluding hydrogens is 889 g/mol. The molecule has 1 atom stereocenters. The summed E-state index contributed by atoms with van der Waals surface area (Å²) in [6, 6.07) is 0. The Morgan fingerprint density at radius 1 is 0.278 bits per heavy atom. The van der Waals surface area contributed by atoms with Crippen LogP contribution in [0.4, 0.5) is 0 Å². The largest absolute Gasteiger partial charge is 0.462 e. The average Bonchev–Trinajstić information content (AvgIpc) is 3.38. The van der Waals surface area contributed by atoms with E-state index >= 15 is 0 Å². The number of rotatable bonds is 54. The lowest BCUT2D eigenvalue weighted by atomic mass is 10.0. The summed E-state index contributed by atoms with van der Waals surface area (Å²) in [7, 11) is 0. The van der Waals surface area contributed by atoms with Crippen LogP contribution in [0, 0.1) is 0 Å². The molecule has 0 aromatic rings. The number of carbonyl (C=O) groups is 3. The molecule has 0 aliphatic rings. The minimum atomic E-state index is -0.808. The topological polar surface area (TPSA) is 78.9 Å². The molecule has 0 heterocycles. The van der Waals surface area contributed by atoms with Crippen molar-refractivity contribution in [3.8, 4) is 0 Å². The number of esters is 3. The smallest absolute Gasteiger partial charge is 0.306 e. The molecule has 412 valence electrons. The summed E-state index contributed by atoms with van der Waals surface area (Å²) in [5.74, 6) is -0.955. The Morgan fingerprint density at radius 2 is 0.500 bits per heavy atom. The summed E-state index contributed by atoms with van der Waals surface area (Å²) in [6.45, 7) is 6.55. The maximum Gasteiger partial charge on any atom is 0.306 e. The minimum absolute atomic E-state index is 0.0994. The van der Waals surface area contributed by atoms with Crippen LogP contribution < -0.4 is 0 Å². The van der Waals surface area contributed by atoms with Crippen molar-refractivity contribution < 1.29 is 28.6 Å². The normalized spacial score (nSPS) is 12.8. The molecule has 0 fully saturated rings. The third-order valence-corrected chi connectivity index (χ3v) is 12.8. The monoisotopic (exact) mass is 1000 g/mol. The first-order chi connectivity index (χ1) is 35.5. The van der Waals surface area contributed by atoms with E-state index < -0.39 is 6.10 Å². The average molecular weight is 1000 g/mol. The van der Waals surface area contributed by atoms with Crippen LogP contribution in [0.25, 0.3) is 0 Å². The van der Waals surface area contributed by atoms with Gasteiger partial charge in [0.25, 0.3) is 0 Å². The van der Waals surface area contributed by atoms with Gasteiger partial charge in [-0.1, -0.05) is 253 Å². The standard InChI is InChI=1S/C66H112O6/c1-4-7-10-13-16-19-22-25-28-31-33-35-38-41-44-47-50-53-56-59-65(68)71-62-63(61-70-64(67)58-55-52-49-46-43-40-37-30-27-24-21-18-15-12-9-6-3)72-66(69)60-57-54-51-48-45-42-39-36-34-32-29-26-23-20-17-14-11-8-5-2/h16-17,19-20,25-26,28-29,33-36,41-42,44-45,63H,4-15,18,21-24,27,30-32,37-40,43,46-62H2,1-3H3/b19-16-,20-17-,28-25-,29-26-,35-33-,36-34-,44-41-,45-42-/t63-/m1/s1. The van der Waals surface area contributed by atoms with Crippen molar-refractivity contribution in [2.45, 2.75) is 290 Å². The Morgan fingerprint density at radius 3 is 0.806 bits per heavy atom. The Kier molecular flexibility index (Phi) is 56.8. The fraction of sp³-hybridized carbons (Fsp3) is 0.712. The van der Waals surface area contributed by atoms with Crippen molar-refractivity contribution in [1.29, 1.82) is 0 Å². The fourth-order valence-electron chi connectivity index (χ4n) is 8.23. The van der Waals surface area contributed by atoms with Crippen LogP contribution >= 0.6 is 0 Å². The van der Waals surface area contributed by atoms with Crippen LogP contribution in [-0.4, -0.2) is 37.2 Å². The second-order valence-electron chi connectivity index (χ2n) is 19.9. The third kappa shape index (κ3) is 57.2. The van der Waals surface area contributed by atoms with Crippen LogP contribution in [0.15, 0.2) is 97.2 Å². The predicted molar refractivity (Wildman–Crippen MR) is 311 cm³/mol. The molecule has 0 saturated carbocycles. The van der Waals surface area contributed by atoms with Gasteiger partial charge in [-0.2, -0.15) is 0 Å². The van der Waals surface area contributed by atoms with Gasteiger partial charge >= 0.3 is 17.9 Å². The summed E-state index contributed by atoms with van der Waals surface area (Å²) >= 11 is 0. The molecule has 0 unspecified atom stereocenters.